The Morgan fingerprint density at radius 2 is 1.75 bits per heavy atom. The van der Waals surface area contributed by atoms with Gasteiger partial charge in [0, 0.05) is 31.2 Å². The quantitative estimate of drug-likeness (QED) is 0.734. The van der Waals surface area contributed by atoms with Gasteiger partial charge in [-0.2, -0.15) is 0 Å². The van der Waals surface area contributed by atoms with Crippen LogP contribution in [0, 0.1) is 13.8 Å². The minimum absolute atomic E-state index is 0.00751. The number of likely N-dealkylation sites (N-methyl/N-ethyl adjacent to an activating group) is 1. The van der Waals surface area contributed by atoms with Crippen LogP contribution in [0.2, 0.25) is 0 Å². The second-order valence-corrected chi connectivity index (χ2v) is 7.47. The van der Waals surface area contributed by atoms with E-state index in [9.17, 15) is 4.79 Å². The highest BCUT2D eigenvalue weighted by atomic mass is 16.2. The number of nitrogens with one attached hydrogen (secondary N) is 2. The maximum absolute atomic E-state index is 12.9. The van der Waals surface area contributed by atoms with Crippen molar-refractivity contribution in [3.05, 3.63) is 71.0 Å². The predicted molar refractivity (Wildman–Crippen MR) is 110 cm³/mol. The molecule has 6 heteroatoms. The van der Waals surface area contributed by atoms with Crippen molar-refractivity contribution in [2.45, 2.75) is 32.4 Å². The summed E-state index contributed by atoms with van der Waals surface area (Å²) in [7, 11) is 1.84. The fourth-order valence-corrected chi connectivity index (χ4v) is 3.64. The van der Waals surface area contributed by atoms with E-state index >= 15 is 0 Å². The molecule has 1 amide bonds. The molecule has 1 saturated heterocycles. The van der Waals surface area contributed by atoms with Crippen molar-refractivity contribution >= 4 is 16.9 Å². The summed E-state index contributed by atoms with van der Waals surface area (Å²) >= 11 is 0. The molecule has 4 rings (SSSR count). The summed E-state index contributed by atoms with van der Waals surface area (Å²) in [6.45, 7) is 4.51. The maximum Gasteiger partial charge on any atom is 0.253 e. The minimum atomic E-state index is -0.00751. The molecular formula is C22H25N5O. The van der Waals surface area contributed by atoms with Crippen molar-refractivity contribution in [3.63, 3.8) is 0 Å². The summed E-state index contributed by atoms with van der Waals surface area (Å²) in [4.78, 5) is 23.8. The minimum Gasteiger partial charge on any atom is -0.340 e. The molecule has 2 heterocycles. The first-order valence-corrected chi connectivity index (χ1v) is 9.58. The lowest BCUT2D eigenvalue weighted by molar-refractivity contribution is 0.0783. The number of rotatable bonds is 4. The van der Waals surface area contributed by atoms with Gasteiger partial charge in [0.1, 0.15) is 0 Å². The second-order valence-electron chi connectivity index (χ2n) is 7.47. The number of aryl methyl sites for hydroxylation is 2. The molecule has 0 saturated carbocycles. The van der Waals surface area contributed by atoms with E-state index in [1.807, 2.05) is 57.3 Å². The van der Waals surface area contributed by atoms with Crippen LogP contribution in [0.4, 0.5) is 0 Å². The van der Waals surface area contributed by atoms with Crippen LogP contribution in [0.25, 0.3) is 11.0 Å². The lowest BCUT2D eigenvalue weighted by Crippen LogP contribution is -2.41. The number of amides is 1. The van der Waals surface area contributed by atoms with E-state index in [0.717, 1.165) is 28.8 Å². The predicted octanol–water partition coefficient (Wildman–Crippen LogP) is 2.93. The summed E-state index contributed by atoms with van der Waals surface area (Å²) in [6, 6.07) is 16.4. The number of hydrogen-bond acceptors (Lipinski definition) is 5. The number of hydrogen-bond donors (Lipinski definition) is 2. The topological polar surface area (TPSA) is 70.2 Å². The first-order chi connectivity index (χ1) is 13.5. The van der Waals surface area contributed by atoms with Gasteiger partial charge in [0.2, 0.25) is 0 Å². The number of carbonyl (C=O) groups is 1. The number of nitrogens with zero attached hydrogens (tertiary/aromatic N) is 3. The number of aromatic nitrogens is 2. The van der Waals surface area contributed by atoms with Crippen LogP contribution in [0.5, 0.6) is 0 Å². The van der Waals surface area contributed by atoms with E-state index in [4.69, 9.17) is 0 Å². The van der Waals surface area contributed by atoms with E-state index in [0.29, 0.717) is 12.1 Å². The molecule has 6 nitrogen and oxygen atoms in total. The molecule has 144 valence electrons. The van der Waals surface area contributed by atoms with Gasteiger partial charge in [0.05, 0.1) is 22.4 Å². The van der Waals surface area contributed by atoms with Gasteiger partial charge in [0.25, 0.3) is 5.91 Å². The van der Waals surface area contributed by atoms with Crippen molar-refractivity contribution in [2.24, 2.45) is 0 Å². The number of hydrazine groups is 1. The third kappa shape index (κ3) is 3.74. The third-order valence-corrected chi connectivity index (χ3v) is 5.35. The van der Waals surface area contributed by atoms with Gasteiger partial charge >= 0.3 is 0 Å². The Morgan fingerprint density at radius 1 is 1.04 bits per heavy atom. The molecule has 0 bridgehead atoms. The van der Waals surface area contributed by atoms with E-state index < -0.39 is 0 Å². The monoisotopic (exact) mass is 375 g/mol. The van der Waals surface area contributed by atoms with Crippen molar-refractivity contribution in [1.82, 2.24) is 25.7 Å². The summed E-state index contributed by atoms with van der Waals surface area (Å²) in [5.74, 6) is -0.00751. The Kier molecular flexibility index (Phi) is 5.07. The SMILES string of the molecule is Cc1nc2ccc(C(=O)N(C)CC3CC(c4ccccc4)NN3)cc2nc1C. The van der Waals surface area contributed by atoms with E-state index in [-0.39, 0.29) is 18.0 Å². The van der Waals surface area contributed by atoms with Crippen LogP contribution < -0.4 is 10.9 Å². The fraction of sp³-hybridized carbons (Fsp3) is 0.318. The molecule has 1 fully saturated rings. The van der Waals surface area contributed by atoms with Crippen molar-refractivity contribution < 1.29 is 4.79 Å². The van der Waals surface area contributed by atoms with Gasteiger partial charge in [-0.1, -0.05) is 30.3 Å². The molecule has 2 N–H and O–H groups in total. The molecule has 0 aliphatic carbocycles. The van der Waals surface area contributed by atoms with Crippen LogP contribution in [0.3, 0.4) is 0 Å². The van der Waals surface area contributed by atoms with Gasteiger partial charge in [-0.05, 0) is 44.0 Å². The van der Waals surface area contributed by atoms with Gasteiger partial charge in [-0.25, -0.2) is 15.4 Å². The molecule has 2 atom stereocenters. The average Bonchev–Trinajstić information content (AvgIpc) is 3.17. The summed E-state index contributed by atoms with van der Waals surface area (Å²) in [5.41, 5.74) is 11.9. The molecule has 0 spiro atoms. The lowest BCUT2D eigenvalue weighted by atomic mass is 10.0. The highest BCUT2D eigenvalue weighted by molar-refractivity contribution is 5.97. The zero-order valence-electron chi connectivity index (χ0n) is 16.4. The van der Waals surface area contributed by atoms with Gasteiger partial charge in [-0.15, -0.1) is 0 Å². The smallest absolute Gasteiger partial charge is 0.253 e. The normalized spacial score (nSPS) is 19.1. The second kappa shape index (κ2) is 7.66. The number of fused-ring (bicyclic) bond motifs is 1. The zero-order chi connectivity index (χ0) is 19.7. The third-order valence-electron chi connectivity index (χ3n) is 5.35. The van der Waals surface area contributed by atoms with Crippen LogP contribution in [-0.4, -0.2) is 40.4 Å². The Balaban J connectivity index is 1.44. The maximum atomic E-state index is 12.9. The molecule has 2 unspecified atom stereocenters. The molecule has 1 aromatic heterocycles. The van der Waals surface area contributed by atoms with Gasteiger partial charge in [0.15, 0.2) is 0 Å². The lowest BCUT2D eigenvalue weighted by Gasteiger charge is -2.21. The van der Waals surface area contributed by atoms with E-state index in [1.165, 1.54) is 5.56 Å². The molecule has 1 aliphatic heterocycles. The molecular weight excluding hydrogens is 350 g/mol. The van der Waals surface area contributed by atoms with Crippen molar-refractivity contribution in [3.8, 4) is 0 Å². The van der Waals surface area contributed by atoms with Gasteiger partial charge in [-0.3, -0.25) is 10.2 Å². The molecule has 2 aromatic carbocycles. The summed E-state index contributed by atoms with van der Waals surface area (Å²) in [6.07, 6.45) is 0.934. The highest BCUT2D eigenvalue weighted by Gasteiger charge is 2.27. The van der Waals surface area contributed by atoms with Crippen molar-refractivity contribution in [2.75, 3.05) is 13.6 Å². The van der Waals surface area contributed by atoms with Crippen molar-refractivity contribution in [1.29, 1.82) is 0 Å². The molecule has 1 aliphatic rings. The zero-order valence-corrected chi connectivity index (χ0v) is 16.4. The Morgan fingerprint density at radius 3 is 2.50 bits per heavy atom. The van der Waals surface area contributed by atoms with E-state index in [1.54, 1.807) is 4.90 Å². The van der Waals surface area contributed by atoms with Crippen LogP contribution in [-0.2, 0) is 0 Å². The first-order valence-electron chi connectivity index (χ1n) is 9.58. The van der Waals surface area contributed by atoms with E-state index in [2.05, 4.69) is 33.0 Å². The fourth-order valence-electron chi connectivity index (χ4n) is 3.64. The van der Waals surface area contributed by atoms with Gasteiger partial charge < -0.3 is 4.90 Å². The Labute approximate surface area is 165 Å². The summed E-state index contributed by atoms with van der Waals surface area (Å²) in [5, 5.41) is 0. The number of benzene rings is 2. The van der Waals surface area contributed by atoms with Crippen LogP contribution in [0.15, 0.2) is 48.5 Å². The molecule has 3 aromatic rings. The van der Waals surface area contributed by atoms with Crippen LogP contribution in [0.1, 0.15) is 39.8 Å². The largest absolute Gasteiger partial charge is 0.340 e. The summed E-state index contributed by atoms with van der Waals surface area (Å²) < 4.78 is 0. The Bertz CT molecular complexity index is 1000. The highest BCUT2D eigenvalue weighted by Crippen LogP contribution is 2.22. The average molecular weight is 375 g/mol. The number of carbonyl (C=O) groups excluding carboxylic acids is 1. The first kappa shape index (κ1) is 18.5. The molecule has 0 radical (unpaired) electrons. The molecule has 28 heavy (non-hydrogen) atoms. The standard InChI is InChI=1S/C22H25N5O/c1-14-15(2)24-21-11-17(9-10-19(21)23-14)22(28)27(3)13-18-12-20(26-25-18)16-7-5-4-6-8-16/h4-11,18,20,25-26H,12-13H2,1-3H3. The Hall–Kier alpha value is -2.83. The van der Waals surface area contributed by atoms with Crippen LogP contribution >= 0.6 is 0 Å².